The molecule has 0 saturated carbocycles. The number of carbonyl (C=O) groups is 1. The molecule has 1 aromatic carbocycles. The molecular formula is C11H14Cl2N2O2. The lowest BCUT2D eigenvalue weighted by molar-refractivity contribution is -0.125. The maximum Gasteiger partial charge on any atom is 0.247 e. The van der Waals surface area contributed by atoms with E-state index in [9.17, 15) is 9.90 Å². The summed E-state index contributed by atoms with van der Waals surface area (Å²) in [5.41, 5.74) is 5.74. The smallest absolute Gasteiger partial charge is 0.247 e. The molecule has 4 N–H and O–H groups in total. The minimum Gasteiger partial charge on any atom is -0.382 e. The van der Waals surface area contributed by atoms with E-state index in [4.69, 9.17) is 28.9 Å². The summed E-state index contributed by atoms with van der Waals surface area (Å²) in [6.45, 7) is 1.92. The molecule has 0 aliphatic rings. The molecule has 1 amide bonds. The van der Waals surface area contributed by atoms with E-state index in [-0.39, 0.29) is 12.6 Å². The van der Waals surface area contributed by atoms with E-state index in [0.29, 0.717) is 10.0 Å². The van der Waals surface area contributed by atoms with Gasteiger partial charge in [-0.1, -0.05) is 35.3 Å². The molecule has 0 spiro atoms. The van der Waals surface area contributed by atoms with Crippen LogP contribution in [0.1, 0.15) is 18.5 Å². The number of aliphatic hydroxyl groups excluding tert-OH is 1. The van der Waals surface area contributed by atoms with Crippen molar-refractivity contribution in [2.24, 2.45) is 5.73 Å². The maximum absolute atomic E-state index is 10.7. The summed E-state index contributed by atoms with van der Waals surface area (Å²) in [5, 5.41) is 13.1. The van der Waals surface area contributed by atoms with Gasteiger partial charge in [0.15, 0.2) is 0 Å². The molecule has 94 valence electrons. The largest absolute Gasteiger partial charge is 0.382 e. The number of aliphatic hydroxyl groups is 1. The van der Waals surface area contributed by atoms with E-state index in [2.05, 4.69) is 5.32 Å². The number of hydrogen-bond acceptors (Lipinski definition) is 3. The maximum atomic E-state index is 10.7. The van der Waals surface area contributed by atoms with Gasteiger partial charge in [0.05, 0.1) is 10.0 Å². The average molecular weight is 277 g/mol. The quantitative estimate of drug-likeness (QED) is 0.763. The molecule has 4 nitrogen and oxygen atoms in total. The lowest BCUT2D eigenvalue weighted by Crippen LogP contribution is -2.38. The molecule has 6 heteroatoms. The van der Waals surface area contributed by atoms with E-state index >= 15 is 0 Å². The summed E-state index contributed by atoms with van der Waals surface area (Å²) >= 11 is 11.9. The molecule has 0 heterocycles. The highest BCUT2D eigenvalue weighted by molar-refractivity contribution is 6.42. The molecule has 2 atom stereocenters. The second kappa shape index (κ2) is 6.21. The van der Waals surface area contributed by atoms with Gasteiger partial charge in [0.25, 0.3) is 0 Å². The summed E-state index contributed by atoms with van der Waals surface area (Å²) in [5.74, 6) is -0.762. The van der Waals surface area contributed by atoms with Crippen LogP contribution in [0.15, 0.2) is 18.2 Å². The zero-order valence-corrected chi connectivity index (χ0v) is 10.8. The summed E-state index contributed by atoms with van der Waals surface area (Å²) in [6, 6.07) is 5.16. The molecule has 1 rings (SSSR count). The number of nitrogens with two attached hydrogens (primary N) is 1. The molecular weight excluding hydrogens is 263 g/mol. The third-order valence-electron chi connectivity index (χ3n) is 2.39. The van der Waals surface area contributed by atoms with Gasteiger partial charge in [-0.25, -0.2) is 0 Å². The zero-order valence-electron chi connectivity index (χ0n) is 9.28. The summed E-state index contributed by atoms with van der Waals surface area (Å²) < 4.78 is 0. The Morgan fingerprint density at radius 2 is 2.18 bits per heavy atom. The van der Waals surface area contributed by atoms with Crippen molar-refractivity contribution in [3.05, 3.63) is 33.8 Å². The molecule has 17 heavy (non-hydrogen) atoms. The molecule has 0 aliphatic carbocycles. The fourth-order valence-electron chi connectivity index (χ4n) is 1.35. The Labute approximate surface area is 110 Å². The second-order valence-electron chi connectivity index (χ2n) is 3.69. The Hall–Kier alpha value is -0.810. The molecule has 0 fully saturated rings. The van der Waals surface area contributed by atoms with Crippen LogP contribution in [0.25, 0.3) is 0 Å². The van der Waals surface area contributed by atoms with E-state index in [0.717, 1.165) is 5.56 Å². The summed E-state index contributed by atoms with van der Waals surface area (Å²) in [6.07, 6.45) is -1.21. The van der Waals surface area contributed by atoms with Crippen molar-refractivity contribution in [1.29, 1.82) is 0 Å². The number of benzene rings is 1. The number of amides is 1. The van der Waals surface area contributed by atoms with Crippen LogP contribution in [0, 0.1) is 0 Å². The van der Waals surface area contributed by atoms with Crippen LogP contribution in [-0.2, 0) is 4.79 Å². The zero-order chi connectivity index (χ0) is 13.0. The van der Waals surface area contributed by atoms with E-state index in [1.165, 1.54) is 0 Å². The van der Waals surface area contributed by atoms with Crippen LogP contribution in [0.2, 0.25) is 10.0 Å². The van der Waals surface area contributed by atoms with Gasteiger partial charge >= 0.3 is 0 Å². The van der Waals surface area contributed by atoms with Gasteiger partial charge in [-0.05, 0) is 18.6 Å². The Morgan fingerprint density at radius 3 is 2.76 bits per heavy atom. The van der Waals surface area contributed by atoms with Gasteiger partial charge in [0, 0.05) is 12.6 Å². The van der Waals surface area contributed by atoms with Crippen molar-refractivity contribution in [2.45, 2.75) is 19.1 Å². The van der Waals surface area contributed by atoms with Crippen molar-refractivity contribution in [1.82, 2.24) is 5.32 Å². The molecule has 2 unspecified atom stereocenters. The fraction of sp³-hybridized carbons (Fsp3) is 0.364. The molecule has 0 radical (unpaired) electrons. The first-order valence-electron chi connectivity index (χ1n) is 5.08. The number of halogens is 2. The van der Waals surface area contributed by atoms with Crippen LogP contribution in [0.4, 0.5) is 0 Å². The van der Waals surface area contributed by atoms with Crippen molar-refractivity contribution >= 4 is 29.1 Å². The van der Waals surface area contributed by atoms with Crippen molar-refractivity contribution in [3.8, 4) is 0 Å². The first-order valence-corrected chi connectivity index (χ1v) is 5.83. The van der Waals surface area contributed by atoms with Crippen molar-refractivity contribution < 1.29 is 9.90 Å². The number of rotatable bonds is 5. The second-order valence-corrected chi connectivity index (χ2v) is 4.48. The SMILES string of the molecule is CC(NCC(O)C(N)=O)c1cccc(Cl)c1Cl. The molecule has 0 aromatic heterocycles. The van der Waals surface area contributed by atoms with Crippen molar-refractivity contribution in [3.63, 3.8) is 0 Å². The lowest BCUT2D eigenvalue weighted by atomic mass is 10.1. The Bertz CT molecular complexity index is 412. The molecule has 0 bridgehead atoms. The highest BCUT2D eigenvalue weighted by Gasteiger charge is 2.15. The predicted octanol–water partition coefficient (Wildman–Crippen LogP) is 1.49. The molecule has 0 saturated heterocycles. The van der Waals surface area contributed by atoms with E-state index in [1.54, 1.807) is 12.1 Å². The van der Waals surface area contributed by atoms with Gasteiger partial charge < -0.3 is 16.2 Å². The summed E-state index contributed by atoms with van der Waals surface area (Å²) in [7, 11) is 0. The van der Waals surface area contributed by atoms with Crippen LogP contribution in [0.3, 0.4) is 0 Å². The van der Waals surface area contributed by atoms with E-state index in [1.807, 2.05) is 13.0 Å². The first-order chi connectivity index (χ1) is 7.93. The highest BCUT2D eigenvalue weighted by atomic mass is 35.5. The van der Waals surface area contributed by atoms with Gasteiger partial charge in [0.2, 0.25) is 5.91 Å². The molecule has 0 aliphatic heterocycles. The number of nitrogens with one attached hydrogen (secondary N) is 1. The van der Waals surface area contributed by atoms with Crippen LogP contribution in [-0.4, -0.2) is 23.7 Å². The Balaban J connectivity index is 2.67. The van der Waals surface area contributed by atoms with Gasteiger partial charge in [-0.15, -0.1) is 0 Å². The summed E-state index contributed by atoms with van der Waals surface area (Å²) in [4.78, 5) is 10.7. The average Bonchev–Trinajstić information content (AvgIpc) is 2.29. The minimum absolute atomic E-state index is 0.0688. The van der Waals surface area contributed by atoms with Gasteiger partial charge in [0.1, 0.15) is 6.10 Å². The Kier molecular flexibility index (Phi) is 5.21. The number of carbonyl (C=O) groups excluding carboxylic acids is 1. The lowest BCUT2D eigenvalue weighted by Gasteiger charge is -2.17. The minimum atomic E-state index is -1.21. The first kappa shape index (κ1) is 14.3. The van der Waals surface area contributed by atoms with Crippen LogP contribution < -0.4 is 11.1 Å². The topological polar surface area (TPSA) is 75.3 Å². The number of primary amides is 1. The van der Waals surface area contributed by atoms with Crippen LogP contribution >= 0.6 is 23.2 Å². The highest BCUT2D eigenvalue weighted by Crippen LogP contribution is 2.29. The Morgan fingerprint density at radius 1 is 1.53 bits per heavy atom. The third kappa shape index (κ3) is 3.85. The molecule has 1 aromatic rings. The fourth-order valence-corrected chi connectivity index (χ4v) is 1.83. The number of hydrogen-bond donors (Lipinski definition) is 3. The van der Waals surface area contributed by atoms with E-state index < -0.39 is 12.0 Å². The van der Waals surface area contributed by atoms with Gasteiger partial charge in [-0.3, -0.25) is 4.79 Å². The van der Waals surface area contributed by atoms with Crippen LogP contribution in [0.5, 0.6) is 0 Å². The van der Waals surface area contributed by atoms with Crippen molar-refractivity contribution in [2.75, 3.05) is 6.54 Å². The third-order valence-corrected chi connectivity index (χ3v) is 3.23. The standard InChI is InChI=1S/C11H14Cl2N2O2/c1-6(15-5-9(16)11(14)17)7-3-2-4-8(12)10(7)13/h2-4,6,9,15-16H,5H2,1H3,(H2,14,17). The monoisotopic (exact) mass is 276 g/mol. The predicted molar refractivity (Wildman–Crippen MR) is 68.1 cm³/mol. The van der Waals surface area contributed by atoms with Gasteiger partial charge in [-0.2, -0.15) is 0 Å². The normalized spacial score (nSPS) is 14.4.